The molecule has 3 rings (SSSR count). The molecular weight excluding hydrogens is 324 g/mol. The second-order valence-corrected chi connectivity index (χ2v) is 5.11. The second kappa shape index (κ2) is 5.93. The van der Waals surface area contributed by atoms with E-state index in [2.05, 4.69) is 4.98 Å². The number of rotatable bonds is 3. The van der Waals surface area contributed by atoms with Crippen LogP contribution < -0.4 is 4.74 Å². The van der Waals surface area contributed by atoms with E-state index in [1.54, 1.807) is 30.3 Å². The molecule has 0 aliphatic rings. The Hall–Kier alpha value is -2.53. The molecule has 0 saturated heterocycles. The minimum Gasteiger partial charge on any atom is -0.493 e. The lowest BCUT2D eigenvalue weighted by Crippen LogP contribution is -2.02. The smallest absolute Gasteiger partial charge is 0.255 e. The van der Waals surface area contributed by atoms with E-state index in [0.29, 0.717) is 5.56 Å². The first-order valence-electron chi connectivity index (χ1n) is 6.65. The van der Waals surface area contributed by atoms with Gasteiger partial charge in [-0.15, -0.1) is 0 Å². The van der Waals surface area contributed by atoms with Gasteiger partial charge in [0.2, 0.25) is 0 Å². The van der Waals surface area contributed by atoms with Gasteiger partial charge < -0.3 is 4.74 Å². The van der Waals surface area contributed by atoms with Crippen LogP contribution in [0.15, 0.2) is 42.5 Å². The van der Waals surface area contributed by atoms with Crippen molar-refractivity contribution < 1.29 is 18.3 Å². The fraction of sp³-hybridized carbons (Fsp3) is 0.0588. The Labute approximate surface area is 135 Å². The lowest BCUT2D eigenvalue weighted by Gasteiger charge is -2.12. The fourth-order valence-electron chi connectivity index (χ4n) is 2.38. The van der Waals surface area contributed by atoms with E-state index in [0.717, 1.165) is 0 Å². The first-order valence-corrected chi connectivity index (χ1v) is 7.03. The molecule has 3 nitrogen and oxygen atoms in total. The molecule has 0 radical (unpaired) electrons. The molecule has 116 valence electrons. The number of fused-ring (bicyclic) bond motifs is 1. The summed E-state index contributed by atoms with van der Waals surface area (Å²) in [6, 6.07) is 11.0. The quantitative estimate of drug-likeness (QED) is 0.659. The van der Waals surface area contributed by atoms with Crippen LogP contribution in [0.4, 0.5) is 8.78 Å². The third-order valence-electron chi connectivity index (χ3n) is 3.45. The topological polar surface area (TPSA) is 39.2 Å². The highest BCUT2D eigenvalue weighted by atomic mass is 35.5. The van der Waals surface area contributed by atoms with E-state index in [1.165, 1.54) is 19.2 Å². The average Bonchev–Trinajstić information content (AvgIpc) is 2.55. The fourth-order valence-corrected chi connectivity index (χ4v) is 2.53. The van der Waals surface area contributed by atoms with Crippen LogP contribution in [-0.2, 0) is 0 Å². The third-order valence-corrected chi connectivity index (χ3v) is 3.66. The average molecular weight is 334 g/mol. The number of hydrogen-bond acceptors (Lipinski definition) is 3. The standard InChI is InChI=1S/C17H10ClF2NO2/c1-23-16-11-8-7-10(17(18)22)12(19)15(11)21-14(13(16)20)9-5-3-2-4-6-9/h2-8H,1H3. The van der Waals surface area contributed by atoms with Crippen molar-refractivity contribution >= 4 is 27.7 Å². The second-order valence-electron chi connectivity index (χ2n) is 4.77. The van der Waals surface area contributed by atoms with E-state index >= 15 is 0 Å². The van der Waals surface area contributed by atoms with Crippen molar-refractivity contribution in [3.05, 3.63) is 59.7 Å². The number of carbonyl (C=O) groups excluding carboxylic acids is 1. The zero-order chi connectivity index (χ0) is 16.6. The Bertz CT molecular complexity index is 914. The molecule has 0 aliphatic carbocycles. The van der Waals surface area contributed by atoms with Crippen molar-refractivity contribution in [3.8, 4) is 17.0 Å². The summed E-state index contributed by atoms with van der Waals surface area (Å²) in [5.74, 6) is -1.74. The molecule has 0 N–H and O–H groups in total. The molecule has 23 heavy (non-hydrogen) atoms. The summed E-state index contributed by atoms with van der Waals surface area (Å²) in [6.45, 7) is 0. The lowest BCUT2D eigenvalue weighted by molar-refractivity contribution is 0.107. The van der Waals surface area contributed by atoms with Gasteiger partial charge in [-0.05, 0) is 23.7 Å². The lowest BCUT2D eigenvalue weighted by atomic mass is 10.1. The molecule has 1 aromatic heterocycles. The summed E-state index contributed by atoms with van der Waals surface area (Å²) < 4.78 is 34.3. The van der Waals surface area contributed by atoms with Crippen molar-refractivity contribution in [1.29, 1.82) is 0 Å². The van der Waals surface area contributed by atoms with E-state index in [4.69, 9.17) is 16.3 Å². The van der Waals surface area contributed by atoms with Gasteiger partial charge in [-0.25, -0.2) is 13.8 Å². The first-order chi connectivity index (χ1) is 11.0. The molecule has 0 spiro atoms. The van der Waals surface area contributed by atoms with Crippen LogP contribution in [0.25, 0.3) is 22.2 Å². The number of nitrogens with zero attached hydrogens (tertiary/aromatic N) is 1. The Balaban J connectivity index is 2.41. The summed E-state index contributed by atoms with van der Waals surface area (Å²) in [7, 11) is 1.28. The van der Waals surface area contributed by atoms with Gasteiger partial charge in [0.05, 0.1) is 12.7 Å². The number of benzene rings is 2. The highest BCUT2D eigenvalue weighted by Crippen LogP contribution is 2.35. The predicted octanol–water partition coefficient (Wildman–Crippen LogP) is 4.57. The van der Waals surface area contributed by atoms with Gasteiger partial charge in [0.1, 0.15) is 11.2 Å². The molecule has 0 unspecified atom stereocenters. The van der Waals surface area contributed by atoms with Crippen molar-refractivity contribution in [2.45, 2.75) is 0 Å². The van der Waals surface area contributed by atoms with Crippen LogP contribution >= 0.6 is 11.6 Å². The number of ether oxygens (including phenoxy) is 1. The van der Waals surface area contributed by atoms with Crippen LogP contribution in [0.1, 0.15) is 10.4 Å². The van der Waals surface area contributed by atoms with E-state index in [-0.39, 0.29) is 27.9 Å². The summed E-state index contributed by atoms with van der Waals surface area (Å²) in [5.41, 5.74) is -0.0897. The summed E-state index contributed by atoms with van der Waals surface area (Å²) in [5, 5.41) is -0.820. The highest BCUT2D eigenvalue weighted by molar-refractivity contribution is 6.67. The Morgan fingerprint density at radius 1 is 1.09 bits per heavy atom. The summed E-state index contributed by atoms with van der Waals surface area (Å²) in [4.78, 5) is 15.3. The number of methoxy groups -OCH3 is 1. The molecular formula is C17H10ClF2NO2. The molecule has 0 saturated carbocycles. The van der Waals surface area contributed by atoms with Gasteiger partial charge in [-0.2, -0.15) is 0 Å². The van der Waals surface area contributed by atoms with E-state index in [9.17, 15) is 13.6 Å². The maximum Gasteiger partial charge on any atom is 0.255 e. The number of carbonyl (C=O) groups is 1. The Kier molecular flexibility index (Phi) is 3.96. The molecule has 2 aromatic carbocycles. The zero-order valence-corrected chi connectivity index (χ0v) is 12.7. The van der Waals surface area contributed by atoms with E-state index in [1.807, 2.05) is 0 Å². The van der Waals surface area contributed by atoms with Crippen molar-refractivity contribution in [2.24, 2.45) is 0 Å². The number of halogens is 3. The van der Waals surface area contributed by atoms with Gasteiger partial charge in [-0.1, -0.05) is 30.3 Å². The minimum atomic E-state index is -0.948. The minimum absolute atomic E-state index is 0.0620. The van der Waals surface area contributed by atoms with Crippen molar-refractivity contribution in [3.63, 3.8) is 0 Å². The molecule has 0 bridgehead atoms. The number of hydrogen-bond donors (Lipinski definition) is 0. The molecule has 0 aliphatic heterocycles. The number of aromatic nitrogens is 1. The SMILES string of the molecule is COc1c(F)c(-c2ccccc2)nc2c(F)c(C(=O)Cl)ccc12. The normalized spacial score (nSPS) is 10.8. The Morgan fingerprint density at radius 3 is 2.39 bits per heavy atom. The molecule has 0 amide bonds. The van der Waals surface area contributed by atoms with Crippen LogP contribution in [-0.4, -0.2) is 17.3 Å². The van der Waals surface area contributed by atoms with Gasteiger partial charge in [0.15, 0.2) is 17.4 Å². The van der Waals surface area contributed by atoms with Crippen LogP contribution in [0.3, 0.4) is 0 Å². The number of pyridine rings is 1. The summed E-state index contributed by atoms with van der Waals surface area (Å²) >= 11 is 5.36. The highest BCUT2D eigenvalue weighted by Gasteiger charge is 2.22. The summed E-state index contributed by atoms with van der Waals surface area (Å²) in [6.07, 6.45) is 0. The third kappa shape index (κ3) is 2.53. The van der Waals surface area contributed by atoms with Crippen molar-refractivity contribution in [2.75, 3.05) is 7.11 Å². The molecule has 1 heterocycles. The molecule has 6 heteroatoms. The monoisotopic (exact) mass is 333 g/mol. The van der Waals surface area contributed by atoms with E-state index < -0.39 is 16.9 Å². The van der Waals surface area contributed by atoms with Gasteiger partial charge in [0, 0.05) is 10.9 Å². The largest absolute Gasteiger partial charge is 0.493 e. The maximum atomic E-state index is 14.7. The maximum absolute atomic E-state index is 14.7. The molecule has 0 fully saturated rings. The van der Waals surface area contributed by atoms with Gasteiger partial charge in [0.25, 0.3) is 5.24 Å². The Morgan fingerprint density at radius 2 is 1.78 bits per heavy atom. The van der Waals surface area contributed by atoms with Crippen molar-refractivity contribution in [1.82, 2.24) is 4.98 Å². The predicted molar refractivity (Wildman–Crippen MR) is 83.8 cm³/mol. The van der Waals surface area contributed by atoms with Crippen LogP contribution in [0, 0.1) is 11.6 Å². The molecule has 0 atom stereocenters. The van der Waals surface area contributed by atoms with Crippen LogP contribution in [0.2, 0.25) is 0 Å². The zero-order valence-electron chi connectivity index (χ0n) is 11.9. The van der Waals surface area contributed by atoms with Gasteiger partial charge >= 0.3 is 0 Å². The molecule has 3 aromatic rings. The first kappa shape index (κ1) is 15.4. The van der Waals surface area contributed by atoms with Crippen LogP contribution in [0.5, 0.6) is 5.75 Å². The van der Waals surface area contributed by atoms with Gasteiger partial charge in [-0.3, -0.25) is 4.79 Å².